The Hall–Kier alpha value is -2.44. The molecule has 1 heterocycles. The lowest BCUT2D eigenvalue weighted by Crippen LogP contribution is -2.18. The highest BCUT2D eigenvalue weighted by atomic mass is 35.5. The molecule has 0 saturated heterocycles. The van der Waals surface area contributed by atoms with E-state index in [9.17, 15) is 13.9 Å². The zero-order chi connectivity index (χ0) is 18.8. The topological polar surface area (TPSA) is 50.1 Å². The SMILES string of the molecule is Cc1c(C(C)NCc2ccc(O)c(Cl)c2)cnn1-c1ccc(F)cc1F. The van der Waals surface area contributed by atoms with Gasteiger partial charge in [-0.25, -0.2) is 13.5 Å². The molecular formula is C19H18ClF2N3O. The molecule has 1 aromatic heterocycles. The minimum absolute atomic E-state index is 0.0434. The first-order chi connectivity index (χ1) is 12.4. The number of halogens is 3. The van der Waals surface area contributed by atoms with Gasteiger partial charge in [-0.15, -0.1) is 0 Å². The third kappa shape index (κ3) is 3.71. The predicted octanol–water partition coefficient (Wildman–Crippen LogP) is 4.67. The molecule has 3 rings (SSSR count). The van der Waals surface area contributed by atoms with Gasteiger partial charge in [0.15, 0.2) is 5.82 Å². The van der Waals surface area contributed by atoms with Gasteiger partial charge in [-0.2, -0.15) is 5.10 Å². The molecule has 1 unspecified atom stereocenters. The Morgan fingerprint density at radius 2 is 2.00 bits per heavy atom. The van der Waals surface area contributed by atoms with Gasteiger partial charge in [-0.05, 0) is 43.7 Å². The molecule has 1 atom stereocenters. The second kappa shape index (κ2) is 7.43. The normalized spacial score (nSPS) is 12.3. The van der Waals surface area contributed by atoms with Gasteiger partial charge in [-0.1, -0.05) is 17.7 Å². The summed E-state index contributed by atoms with van der Waals surface area (Å²) in [6, 6.07) is 8.38. The fourth-order valence-corrected chi connectivity index (χ4v) is 2.99. The number of hydrogen-bond acceptors (Lipinski definition) is 3. The fourth-order valence-electron chi connectivity index (χ4n) is 2.78. The molecule has 136 valence electrons. The van der Waals surface area contributed by atoms with Gasteiger partial charge in [0.05, 0.1) is 11.2 Å². The third-order valence-electron chi connectivity index (χ3n) is 4.28. The van der Waals surface area contributed by atoms with E-state index in [1.165, 1.54) is 16.8 Å². The van der Waals surface area contributed by atoms with Crippen molar-refractivity contribution in [2.24, 2.45) is 0 Å². The van der Waals surface area contributed by atoms with Crippen LogP contribution in [0.5, 0.6) is 5.75 Å². The number of aromatic hydroxyl groups is 1. The first-order valence-corrected chi connectivity index (χ1v) is 8.45. The van der Waals surface area contributed by atoms with E-state index in [0.29, 0.717) is 11.6 Å². The Bertz CT molecular complexity index is 943. The molecule has 0 fully saturated rings. The summed E-state index contributed by atoms with van der Waals surface area (Å²) in [6.45, 7) is 4.34. The van der Waals surface area contributed by atoms with Gasteiger partial charge in [0.2, 0.25) is 0 Å². The third-order valence-corrected chi connectivity index (χ3v) is 4.58. The van der Waals surface area contributed by atoms with E-state index in [1.54, 1.807) is 24.4 Å². The van der Waals surface area contributed by atoms with Crippen LogP contribution in [0.2, 0.25) is 5.02 Å². The highest BCUT2D eigenvalue weighted by Gasteiger charge is 2.16. The van der Waals surface area contributed by atoms with E-state index >= 15 is 0 Å². The summed E-state index contributed by atoms with van der Waals surface area (Å²) in [5.74, 6) is -1.25. The van der Waals surface area contributed by atoms with Crippen LogP contribution in [-0.2, 0) is 6.54 Å². The first kappa shape index (κ1) is 18.4. The van der Waals surface area contributed by atoms with E-state index in [1.807, 2.05) is 13.8 Å². The van der Waals surface area contributed by atoms with E-state index < -0.39 is 11.6 Å². The minimum Gasteiger partial charge on any atom is -0.506 e. The molecule has 0 spiro atoms. The molecule has 2 aromatic carbocycles. The van der Waals surface area contributed by atoms with Gasteiger partial charge >= 0.3 is 0 Å². The van der Waals surface area contributed by atoms with Crippen molar-refractivity contribution < 1.29 is 13.9 Å². The molecule has 2 N–H and O–H groups in total. The second-order valence-electron chi connectivity index (χ2n) is 6.08. The summed E-state index contributed by atoms with van der Waals surface area (Å²) in [6.07, 6.45) is 1.67. The smallest absolute Gasteiger partial charge is 0.151 e. The van der Waals surface area contributed by atoms with Crippen molar-refractivity contribution >= 4 is 11.6 Å². The lowest BCUT2D eigenvalue weighted by Gasteiger charge is -2.15. The molecule has 0 aliphatic carbocycles. The van der Waals surface area contributed by atoms with Gasteiger partial charge in [-0.3, -0.25) is 0 Å². The second-order valence-corrected chi connectivity index (χ2v) is 6.49. The lowest BCUT2D eigenvalue weighted by molar-refractivity contribution is 0.475. The quantitative estimate of drug-likeness (QED) is 0.679. The first-order valence-electron chi connectivity index (χ1n) is 8.07. The lowest BCUT2D eigenvalue weighted by atomic mass is 10.1. The molecule has 3 aromatic rings. The maximum Gasteiger partial charge on any atom is 0.151 e. The molecule has 7 heteroatoms. The van der Waals surface area contributed by atoms with Gasteiger partial charge in [0, 0.05) is 29.9 Å². The van der Waals surface area contributed by atoms with E-state index in [2.05, 4.69) is 10.4 Å². The summed E-state index contributed by atoms with van der Waals surface area (Å²) < 4.78 is 28.6. The maximum absolute atomic E-state index is 14.0. The van der Waals surface area contributed by atoms with Crippen molar-refractivity contribution in [3.8, 4) is 11.4 Å². The summed E-state index contributed by atoms with van der Waals surface area (Å²) in [5.41, 5.74) is 2.79. The zero-order valence-electron chi connectivity index (χ0n) is 14.3. The van der Waals surface area contributed by atoms with Crippen LogP contribution in [0.1, 0.15) is 29.8 Å². The molecule has 0 radical (unpaired) electrons. The monoisotopic (exact) mass is 377 g/mol. The van der Waals surface area contributed by atoms with Gasteiger partial charge < -0.3 is 10.4 Å². The Morgan fingerprint density at radius 3 is 2.69 bits per heavy atom. The number of rotatable bonds is 5. The molecule has 0 saturated carbocycles. The average Bonchev–Trinajstić information content (AvgIpc) is 2.97. The molecule has 0 aliphatic heterocycles. The van der Waals surface area contributed by atoms with Gasteiger partial charge in [0.1, 0.15) is 17.3 Å². The number of benzene rings is 2. The van der Waals surface area contributed by atoms with Crippen LogP contribution in [0.15, 0.2) is 42.6 Å². The zero-order valence-corrected chi connectivity index (χ0v) is 15.1. The summed E-state index contributed by atoms with van der Waals surface area (Å²) in [7, 11) is 0. The number of phenols is 1. The summed E-state index contributed by atoms with van der Waals surface area (Å²) in [4.78, 5) is 0. The van der Waals surface area contributed by atoms with Crippen LogP contribution in [0.3, 0.4) is 0 Å². The van der Waals surface area contributed by atoms with Crippen molar-refractivity contribution in [1.29, 1.82) is 0 Å². The number of nitrogens with zero attached hydrogens (tertiary/aromatic N) is 2. The Kier molecular flexibility index (Phi) is 5.25. The van der Waals surface area contributed by atoms with E-state index in [4.69, 9.17) is 11.6 Å². The van der Waals surface area contributed by atoms with Crippen LogP contribution >= 0.6 is 11.6 Å². The van der Waals surface area contributed by atoms with Crippen molar-refractivity contribution in [1.82, 2.24) is 15.1 Å². The van der Waals surface area contributed by atoms with Crippen LogP contribution in [0.4, 0.5) is 8.78 Å². The number of nitrogens with one attached hydrogen (secondary N) is 1. The molecule has 0 bridgehead atoms. The highest BCUT2D eigenvalue weighted by molar-refractivity contribution is 6.32. The molecule has 0 amide bonds. The Labute approximate surface area is 155 Å². The summed E-state index contributed by atoms with van der Waals surface area (Å²) in [5, 5.41) is 17.3. The van der Waals surface area contributed by atoms with Crippen LogP contribution in [0.25, 0.3) is 5.69 Å². The maximum atomic E-state index is 14.0. The molecule has 26 heavy (non-hydrogen) atoms. The average molecular weight is 378 g/mol. The standard InChI is InChI=1S/C19H18ClF2N3O/c1-11(23-9-13-3-6-19(26)16(20)7-13)15-10-24-25(12(15)2)18-5-4-14(21)8-17(18)22/h3-8,10-11,23,26H,9H2,1-2H3. The molecule has 4 nitrogen and oxygen atoms in total. The number of phenolic OH excluding ortho intramolecular Hbond substituents is 1. The Balaban J connectivity index is 1.77. The number of hydrogen-bond donors (Lipinski definition) is 2. The minimum atomic E-state index is -0.665. The molecule has 0 aliphatic rings. The van der Waals surface area contributed by atoms with E-state index in [-0.39, 0.29) is 17.5 Å². The molecular weight excluding hydrogens is 360 g/mol. The Morgan fingerprint density at radius 1 is 1.23 bits per heavy atom. The van der Waals surface area contributed by atoms with Crippen LogP contribution < -0.4 is 5.32 Å². The predicted molar refractivity (Wildman–Crippen MR) is 96.6 cm³/mol. The van der Waals surface area contributed by atoms with Crippen LogP contribution in [0, 0.1) is 18.6 Å². The van der Waals surface area contributed by atoms with Crippen molar-refractivity contribution in [3.05, 3.63) is 76.1 Å². The van der Waals surface area contributed by atoms with Crippen LogP contribution in [-0.4, -0.2) is 14.9 Å². The van der Waals surface area contributed by atoms with Crippen molar-refractivity contribution in [3.63, 3.8) is 0 Å². The van der Waals surface area contributed by atoms with Gasteiger partial charge in [0.25, 0.3) is 0 Å². The highest BCUT2D eigenvalue weighted by Crippen LogP contribution is 2.25. The number of aromatic nitrogens is 2. The fraction of sp³-hybridized carbons (Fsp3) is 0.211. The van der Waals surface area contributed by atoms with Crippen molar-refractivity contribution in [2.75, 3.05) is 0 Å². The van der Waals surface area contributed by atoms with E-state index in [0.717, 1.165) is 22.9 Å². The van der Waals surface area contributed by atoms with Crippen molar-refractivity contribution in [2.45, 2.75) is 26.4 Å². The largest absolute Gasteiger partial charge is 0.506 e. The summed E-state index contributed by atoms with van der Waals surface area (Å²) >= 11 is 5.92.